The van der Waals surface area contributed by atoms with Gasteiger partial charge < -0.3 is 4.90 Å². The van der Waals surface area contributed by atoms with Crippen LogP contribution in [0.5, 0.6) is 0 Å². The van der Waals surface area contributed by atoms with Gasteiger partial charge in [-0.2, -0.15) is 4.31 Å². The minimum absolute atomic E-state index is 0.135. The number of anilines is 1. The Balaban J connectivity index is 2.69. The van der Waals surface area contributed by atoms with Crippen molar-refractivity contribution in [2.45, 2.75) is 5.03 Å². The van der Waals surface area contributed by atoms with Crippen molar-refractivity contribution in [2.24, 2.45) is 0 Å². The number of rotatable bonds is 0. The number of sulfonamides is 1. The molecule has 0 spiro atoms. The van der Waals surface area contributed by atoms with Gasteiger partial charge in [0.05, 0.1) is 12.4 Å². The highest BCUT2D eigenvalue weighted by Crippen LogP contribution is 2.28. The molecule has 0 bridgehead atoms. The van der Waals surface area contributed by atoms with Gasteiger partial charge in [-0.1, -0.05) is 0 Å². The molecule has 5 nitrogen and oxygen atoms in total. The lowest BCUT2D eigenvalue weighted by Crippen LogP contribution is -2.42. The summed E-state index contributed by atoms with van der Waals surface area (Å²) in [7, 11) is 0.0109. The quantitative estimate of drug-likeness (QED) is 0.614. The molecule has 0 aromatic carbocycles. The van der Waals surface area contributed by atoms with E-state index in [1.54, 1.807) is 19.2 Å². The molecule has 0 atom stereocenters. The SMILES string of the molecule is CN1CN(C)S(=O)(=O)c2ncccc21. The molecule has 0 fully saturated rings. The molecule has 0 saturated carbocycles. The molecular weight excluding hydrogens is 202 g/mol. The molecule has 1 aromatic heterocycles. The Kier molecular flexibility index (Phi) is 1.97. The molecule has 0 unspecified atom stereocenters. The number of pyridine rings is 1. The zero-order valence-electron chi connectivity index (χ0n) is 8.01. The minimum Gasteiger partial charge on any atom is -0.358 e. The standard InChI is InChI=1S/C8H11N3O2S/c1-10-6-11(2)14(12,13)8-7(10)4-3-5-9-8/h3-5H,6H2,1-2H3. The van der Waals surface area contributed by atoms with Gasteiger partial charge in [0.1, 0.15) is 0 Å². The Morgan fingerprint density at radius 1 is 1.43 bits per heavy atom. The Bertz CT molecular complexity index is 457. The second-order valence-corrected chi connectivity index (χ2v) is 5.23. The predicted molar refractivity (Wildman–Crippen MR) is 52.5 cm³/mol. The molecule has 0 amide bonds. The van der Waals surface area contributed by atoms with E-state index in [1.165, 1.54) is 10.5 Å². The van der Waals surface area contributed by atoms with E-state index < -0.39 is 10.0 Å². The maximum atomic E-state index is 11.8. The fraction of sp³-hybridized carbons (Fsp3) is 0.375. The molecule has 6 heteroatoms. The molecule has 2 rings (SSSR count). The van der Waals surface area contributed by atoms with Crippen molar-refractivity contribution in [3.8, 4) is 0 Å². The van der Waals surface area contributed by atoms with Gasteiger partial charge in [-0.15, -0.1) is 0 Å². The Morgan fingerprint density at radius 2 is 2.14 bits per heavy atom. The van der Waals surface area contributed by atoms with E-state index in [-0.39, 0.29) is 5.03 Å². The summed E-state index contributed by atoms with van der Waals surface area (Å²) in [6.45, 7) is 0.362. The fourth-order valence-corrected chi connectivity index (χ4v) is 2.77. The normalized spacial score (nSPS) is 20.6. The number of nitrogens with zero attached hydrogens (tertiary/aromatic N) is 3. The number of fused-ring (bicyclic) bond motifs is 1. The molecule has 1 aliphatic rings. The maximum Gasteiger partial charge on any atom is 0.263 e. The van der Waals surface area contributed by atoms with Crippen molar-refractivity contribution in [1.29, 1.82) is 0 Å². The van der Waals surface area contributed by atoms with Crippen LogP contribution < -0.4 is 4.90 Å². The first-order valence-electron chi connectivity index (χ1n) is 4.16. The lowest BCUT2D eigenvalue weighted by atomic mass is 10.4. The monoisotopic (exact) mass is 213 g/mol. The van der Waals surface area contributed by atoms with Crippen molar-refractivity contribution in [3.05, 3.63) is 18.3 Å². The summed E-state index contributed by atoms with van der Waals surface area (Å²) in [5, 5.41) is 0.135. The summed E-state index contributed by atoms with van der Waals surface area (Å²) < 4.78 is 24.9. The van der Waals surface area contributed by atoms with E-state index in [0.29, 0.717) is 12.4 Å². The van der Waals surface area contributed by atoms with Crippen LogP contribution in [0.1, 0.15) is 0 Å². The van der Waals surface area contributed by atoms with Crippen LogP contribution in [0.3, 0.4) is 0 Å². The topological polar surface area (TPSA) is 53.5 Å². The van der Waals surface area contributed by atoms with Crippen LogP contribution in [0, 0.1) is 0 Å². The molecule has 0 radical (unpaired) electrons. The first-order chi connectivity index (χ1) is 6.53. The molecule has 76 valence electrons. The van der Waals surface area contributed by atoms with Gasteiger partial charge in [0.15, 0.2) is 5.03 Å². The average Bonchev–Trinajstić information content (AvgIpc) is 2.16. The second kappa shape index (κ2) is 2.93. The summed E-state index contributed by atoms with van der Waals surface area (Å²) >= 11 is 0. The lowest BCUT2D eigenvalue weighted by molar-refractivity contribution is 0.454. The van der Waals surface area contributed by atoms with Crippen LogP contribution in [0.2, 0.25) is 0 Å². The van der Waals surface area contributed by atoms with E-state index in [4.69, 9.17) is 0 Å². The molecule has 0 aliphatic carbocycles. The van der Waals surface area contributed by atoms with Gasteiger partial charge in [-0.25, -0.2) is 13.4 Å². The Hall–Kier alpha value is -1.14. The van der Waals surface area contributed by atoms with E-state index in [9.17, 15) is 8.42 Å². The summed E-state index contributed by atoms with van der Waals surface area (Å²) in [6, 6.07) is 3.49. The maximum absolute atomic E-state index is 11.8. The zero-order valence-corrected chi connectivity index (χ0v) is 8.82. The lowest BCUT2D eigenvalue weighted by Gasteiger charge is -2.32. The van der Waals surface area contributed by atoms with Gasteiger partial charge in [0, 0.05) is 20.3 Å². The third-order valence-corrected chi connectivity index (χ3v) is 3.97. The van der Waals surface area contributed by atoms with Crippen LogP contribution in [0.4, 0.5) is 5.69 Å². The Labute approximate surface area is 83.0 Å². The first kappa shape index (κ1) is 9.42. The van der Waals surface area contributed by atoms with Gasteiger partial charge in [-0.05, 0) is 12.1 Å². The van der Waals surface area contributed by atoms with Crippen LogP contribution in [-0.2, 0) is 10.0 Å². The van der Waals surface area contributed by atoms with Crippen molar-refractivity contribution >= 4 is 15.7 Å². The molecule has 0 N–H and O–H groups in total. The van der Waals surface area contributed by atoms with Gasteiger partial charge in [0.25, 0.3) is 10.0 Å². The van der Waals surface area contributed by atoms with Crippen molar-refractivity contribution in [1.82, 2.24) is 9.29 Å². The number of hydrogen-bond donors (Lipinski definition) is 0. The summed E-state index contributed by atoms with van der Waals surface area (Å²) in [5.74, 6) is 0. The van der Waals surface area contributed by atoms with E-state index >= 15 is 0 Å². The molecular formula is C8H11N3O2S. The largest absolute Gasteiger partial charge is 0.358 e. The highest BCUT2D eigenvalue weighted by Gasteiger charge is 2.32. The zero-order chi connectivity index (χ0) is 10.3. The van der Waals surface area contributed by atoms with Crippen LogP contribution in [0.25, 0.3) is 0 Å². The van der Waals surface area contributed by atoms with Crippen molar-refractivity contribution < 1.29 is 8.42 Å². The van der Waals surface area contributed by atoms with E-state index in [0.717, 1.165) is 0 Å². The summed E-state index contributed by atoms with van der Waals surface area (Å²) in [4.78, 5) is 5.75. The van der Waals surface area contributed by atoms with Crippen molar-refractivity contribution in [3.63, 3.8) is 0 Å². The third kappa shape index (κ3) is 1.18. The molecule has 2 heterocycles. The van der Waals surface area contributed by atoms with Gasteiger partial charge in [0.2, 0.25) is 0 Å². The van der Waals surface area contributed by atoms with Crippen LogP contribution in [-0.4, -0.2) is 38.5 Å². The molecule has 14 heavy (non-hydrogen) atoms. The second-order valence-electron chi connectivity index (χ2n) is 3.27. The van der Waals surface area contributed by atoms with E-state index in [2.05, 4.69) is 4.98 Å². The predicted octanol–water partition coefficient (Wildman–Crippen LogP) is 0.109. The number of hydrogen-bond acceptors (Lipinski definition) is 4. The molecule has 1 aromatic rings. The van der Waals surface area contributed by atoms with Crippen LogP contribution in [0.15, 0.2) is 23.4 Å². The molecule has 1 aliphatic heterocycles. The van der Waals surface area contributed by atoms with Crippen LogP contribution >= 0.6 is 0 Å². The highest BCUT2D eigenvalue weighted by molar-refractivity contribution is 7.89. The Morgan fingerprint density at radius 3 is 2.86 bits per heavy atom. The fourth-order valence-electron chi connectivity index (χ4n) is 1.47. The van der Waals surface area contributed by atoms with Gasteiger partial charge in [-0.3, -0.25) is 0 Å². The van der Waals surface area contributed by atoms with Gasteiger partial charge >= 0.3 is 0 Å². The average molecular weight is 213 g/mol. The highest BCUT2D eigenvalue weighted by atomic mass is 32.2. The molecule has 0 saturated heterocycles. The van der Waals surface area contributed by atoms with Crippen molar-refractivity contribution in [2.75, 3.05) is 25.7 Å². The summed E-state index contributed by atoms with van der Waals surface area (Å²) in [5.41, 5.74) is 0.658. The third-order valence-electron chi connectivity index (χ3n) is 2.23. The summed E-state index contributed by atoms with van der Waals surface area (Å²) in [6.07, 6.45) is 1.49. The first-order valence-corrected chi connectivity index (χ1v) is 5.60. The minimum atomic E-state index is -3.37. The number of aromatic nitrogens is 1. The van der Waals surface area contributed by atoms with E-state index in [1.807, 2.05) is 11.9 Å². The smallest absolute Gasteiger partial charge is 0.263 e.